The van der Waals surface area contributed by atoms with E-state index in [0.717, 1.165) is 39.3 Å². The minimum Gasteiger partial charge on any atom is -0.463 e. The Morgan fingerprint density at radius 3 is 2.77 bits per heavy atom. The van der Waals surface area contributed by atoms with Crippen molar-refractivity contribution in [2.75, 3.05) is 7.11 Å². The van der Waals surface area contributed by atoms with Crippen LogP contribution in [0, 0.1) is 13.8 Å². The first kappa shape index (κ1) is 20.7. The average molecular weight is 437 g/mol. The van der Waals surface area contributed by atoms with E-state index < -0.39 is 17.1 Å². The summed E-state index contributed by atoms with van der Waals surface area (Å²) in [6.07, 6.45) is 5.20. The lowest BCUT2D eigenvalue weighted by Crippen LogP contribution is -2.27. The summed E-state index contributed by atoms with van der Waals surface area (Å²) in [6, 6.07) is 8.77. The van der Waals surface area contributed by atoms with Crippen LogP contribution in [0.3, 0.4) is 0 Å². The zero-order chi connectivity index (χ0) is 22.1. The second kappa shape index (κ2) is 8.27. The number of nitrogens with zero attached hydrogens (tertiary/aromatic N) is 3. The van der Waals surface area contributed by atoms with Crippen LogP contribution in [0.25, 0.3) is 11.8 Å². The highest BCUT2D eigenvalue weighted by atomic mass is 32.2. The van der Waals surface area contributed by atoms with Gasteiger partial charge in [0.25, 0.3) is 11.1 Å². The highest BCUT2D eigenvalue weighted by molar-refractivity contribution is 8.18. The van der Waals surface area contributed by atoms with Gasteiger partial charge in [0, 0.05) is 17.6 Å². The molecule has 158 valence electrons. The van der Waals surface area contributed by atoms with Gasteiger partial charge in [0.2, 0.25) is 5.76 Å². The van der Waals surface area contributed by atoms with E-state index >= 15 is 0 Å². The number of furan rings is 1. The van der Waals surface area contributed by atoms with Gasteiger partial charge < -0.3 is 13.7 Å². The molecule has 8 nitrogen and oxygen atoms in total. The molecule has 0 bridgehead atoms. The number of carbonyl (C=O) groups excluding carboxylic acids is 3. The molecule has 0 aliphatic carbocycles. The SMILES string of the molecule is COC(=O)c1ccc(CN2C(=O)SC(=Cc3cc(C)n(-c4cccnc4)c3C)C2=O)o1. The van der Waals surface area contributed by atoms with Gasteiger partial charge >= 0.3 is 5.97 Å². The molecule has 31 heavy (non-hydrogen) atoms. The van der Waals surface area contributed by atoms with E-state index in [9.17, 15) is 14.4 Å². The molecule has 0 N–H and O–H groups in total. The zero-order valence-electron chi connectivity index (χ0n) is 17.1. The Kier molecular flexibility index (Phi) is 5.51. The molecule has 4 heterocycles. The van der Waals surface area contributed by atoms with Crippen LogP contribution in [-0.4, -0.2) is 38.7 Å². The van der Waals surface area contributed by atoms with Crippen molar-refractivity contribution in [3.63, 3.8) is 0 Å². The van der Waals surface area contributed by atoms with Gasteiger partial charge in [-0.15, -0.1) is 0 Å². The van der Waals surface area contributed by atoms with Crippen molar-refractivity contribution in [3.8, 4) is 5.69 Å². The smallest absolute Gasteiger partial charge is 0.373 e. The summed E-state index contributed by atoms with van der Waals surface area (Å²) < 4.78 is 12.0. The maximum absolute atomic E-state index is 12.9. The molecule has 1 fully saturated rings. The van der Waals surface area contributed by atoms with Gasteiger partial charge in [-0.2, -0.15) is 0 Å². The van der Waals surface area contributed by atoms with Crippen LogP contribution in [0.2, 0.25) is 0 Å². The van der Waals surface area contributed by atoms with Gasteiger partial charge in [-0.3, -0.25) is 19.5 Å². The molecule has 0 spiro atoms. The first-order chi connectivity index (χ1) is 14.9. The number of esters is 1. The molecule has 3 aromatic heterocycles. The number of hydrogen-bond donors (Lipinski definition) is 0. The van der Waals surface area contributed by atoms with Crippen molar-refractivity contribution in [1.82, 2.24) is 14.5 Å². The maximum Gasteiger partial charge on any atom is 0.373 e. The first-order valence-corrected chi connectivity index (χ1v) is 10.2. The molecule has 1 aliphatic rings. The minimum atomic E-state index is -0.621. The Hall–Kier alpha value is -3.59. The highest BCUT2D eigenvalue weighted by Crippen LogP contribution is 2.34. The van der Waals surface area contributed by atoms with Crippen LogP contribution in [-0.2, 0) is 16.1 Å². The van der Waals surface area contributed by atoms with E-state index in [1.54, 1.807) is 24.5 Å². The highest BCUT2D eigenvalue weighted by Gasteiger charge is 2.36. The van der Waals surface area contributed by atoms with Crippen LogP contribution in [0.5, 0.6) is 0 Å². The standard InChI is InChI=1S/C22H19N3O5S/c1-13-9-15(14(2)25(13)16-5-4-8-23-11-16)10-19-20(26)24(22(28)31-19)12-17-6-7-18(30-17)21(27)29-3/h4-11H,12H2,1-3H3. The first-order valence-electron chi connectivity index (χ1n) is 9.40. The van der Waals surface area contributed by atoms with Gasteiger partial charge in [0.15, 0.2) is 0 Å². The predicted molar refractivity (Wildman–Crippen MR) is 115 cm³/mol. The molecule has 0 radical (unpaired) electrons. The molecule has 1 aliphatic heterocycles. The molecule has 0 saturated carbocycles. The van der Waals surface area contributed by atoms with Crippen LogP contribution in [0.4, 0.5) is 4.79 Å². The summed E-state index contributed by atoms with van der Waals surface area (Å²) in [4.78, 5) is 42.4. The van der Waals surface area contributed by atoms with Crippen LogP contribution in [0.1, 0.15) is 33.3 Å². The topological polar surface area (TPSA) is 94.6 Å². The Balaban J connectivity index is 1.58. The fourth-order valence-electron chi connectivity index (χ4n) is 3.42. The molecule has 0 atom stereocenters. The van der Waals surface area contributed by atoms with E-state index in [1.165, 1.54) is 13.2 Å². The van der Waals surface area contributed by atoms with Gasteiger partial charge in [0.05, 0.1) is 30.4 Å². The fraction of sp³-hybridized carbons (Fsp3) is 0.182. The third-order valence-corrected chi connectivity index (χ3v) is 5.80. The summed E-state index contributed by atoms with van der Waals surface area (Å²) in [5.41, 5.74) is 3.69. The van der Waals surface area contributed by atoms with Crippen LogP contribution < -0.4 is 0 Å². The number of aryl methyl sites for hydroxylation is 1. The van der Waals surface area contributed by atoms with E-state index in [0.29, 0.717) is 10.7 Å². The molecule has 0 unspecified atom stereocenters. The Labute approximate surface area is 182 Å². The molecule has 4 rings (SSSR count). The predicted octanol–water partition coefficient (Wildman–Crippen LogP) is 4.11. The number of methoxy groups -OCH3 is 1. The van der Waals surface area contributed by atoms with Gasteiger partial charge in [-0.05, 0) is 67.6 Å². The van der Waals surface area contributed by atoms with Crippen molar-refractivity contribution in [2.45, 2.75) is 20.4 Å². The van der Waals surface area contributed by atoms with E-state index in [1.807, 2.05) is 36.6 Å². The number of amides is 2. The molecule has 0 aromatic carbocycles. The summed E-state index contributed by atoms with van der Waals surface area (Å²) in [5, 5.41) is -0.395. The third-order valence-electron chi connectivity index (χ3n) is 4.90. The normalized spacial score (nSPS) is 15.2. The number of rotatable bonds is 5. The number of hydrogen-bond acceptors (Lipinski definition) is 7. The zero-order valence-corrected chi connectivity index (χ0v) is 17.9. The quantitative estimate of drug-likeness (QED) is 0.438. The minimum absolute atomic E-state index is 0.0165. The van der Waals surface area contributed by atoms with Gasteiger partial charge in [-0.25, -0.2) is 4.79 Å². The molecular weight excluding hydrogens is 418 g/mol. The molecule has 1 saturated heterocycles. The lowest BCUT2D eigenvalue weighted by molar-refractivity contribution is -0.123. The van der Waals surface area contributed by atoms with E-state index in [2.05, 4.69) is 9.72 Å². The number of ether oxygens (including phenoxy) is 1. The number of thioether (sulfide) groups is 1. The number of aromatic nitrogens is 2. The third kappa shape index (κ3) is 3.91. The Morgan fingerprint density at radius 2 is 2.06 bits per heavy atom. The van der Waals surface area contributed by atoms with E-state index in [4.69, 9.17) is 4.42 Å². The number of carbonyl (C=O) groups is 3. The van der Waals surface area contributed by atoms with Crippen LogP contribution >= 0.6 is 11.8 Å². The van der Waals surface area contributed by atoms with E-state index in [-0.39, 0.29) is 12.3 Å². The molecule has 3 aromatic rings. The van der Waals surface area contributed by atoms with Crippen LogP contribution in [0.15, 0.2) is 52.0 Å². The average Bonchev–Trinajstić information content (AvgIpc) is 3.42. The van der Waals surface area contributed by atoms with Gasteiger partial charge in [0.1, 0.15) is 5.76 Å². The van der Waals surface area contributed by atoms with Gasteiger partial charge in [-0.1, -0.05) is 0 Å². The fourth-order valence-corrected chi connectivity index (χ4v) is 4.25. The van der Waals surface area contributed by atoms with Crippen molar-refractivity contribution in [3.05, 3.63) is 76.1 Å². The van der Waals surface area contributed by atoms with Crippen molar-refractivity contribution < 1.29 is 23.5 Å². The van der Waals surface area contributed by atoms with Crippen molar-refractivity contribution >= 4 is 35.0 Å². The summed E-state index contributed by atoms with van der Waals surface area (Å²) in [5.74, 6) is -0.692. The molecular formula is C22H19N3O5S. The van der Waals surface area contributed by atoms with Crippen molar-refractivity contribution in [2.24, 2.45) is 0 Å². The molecule has 9 heteroatoms. The lowest BCUT2D eigenvalue weighted by Gasteiger charge is -2.10. The second-order valence-electron chi connectivity index (χ2n) is 6.90. The lowest BCUT2D eigenvalue weighted by atomic mass is 10.2. The number of imide groups is 1. The number of pyridine rings is 1. The largest absolute Gasteiger partial charge is 0.463 e. The van der Waals surface area contributed by atoms with Crippen molar-refractivity contribution in [1.29, 1.82) is 0 Å². The second-order valence-corrected chi connectivity index (χ2v) is 7.89. The summed E-state index contributed by atoms with van der Waals surface area (Å²) >= 11 is 0.877. The molecule has 2 amide bonds. The Morgan fingerprint density at radius 1 is 1.26 bits per heavy atom. The summed E-state index contributed by atoms with van der Waals surface area (Å²) in [6.45, 7) is 3.86. The monoisotopic (exact) mass is 437 g/mol. The summed E-state index contributed by atoms with van der Waals surface area (Å²) in [7, 11) is 1.25. The Bertz CT molecular complexity index is 1210. The maximum atomic E-state index is 12.9.